The van der Waals surface area contributed by atoms with Crippen LogP contribution < -0.4 is 5.32 Å². The molecule has 0 spiro atoms. The molecule has 2 rings (SSSR count). The van der Waals surface area contributed by atoms with E-state index in [4.69, 9.17) is 16.9 Å². The van der Waals surface area contributed by atoms with Gasteiger partial charge in [-0.25, -0.2) is 4.39 Å². The number of halogens is 3. The van der Waals surface area contributed by atoms with Gasteiger partial charge in [-0.15, -0.1) is 0 Å². The summed E-state index contributed by atoms with van der Waals surface area (Å²) in [7, 11) is 0. The Hall–Kier alpha value is -1.57. The van der Waals surface area contributed by atoms with Crippen LogP contribution in [-0.2, 0) is 0 Å². The van der Waals surface area contributed by atoms with Crippen LogP contribution >= 0.6 is 27.5 Å². The largest absolute Gasteiger partial charge is 0.355 e. The number of nitriles is 1. The fraction of sp³-hybridized carbons (Fsp3) is 0. The molecule has 0 bridgehead atoms. The smallest absolute Gasteiger partial charge is 0.143 e. The molecule has 0 atom stereocenters. The quantitative estimate of drug-likeness (QED) is 0.856. The summed E-state index contributed by atoms with van der Waals surface area (Å²) in [6.45, 7) is 0. The predicted molar refractivity (Wildman–Crippen MR) is 73.5 cm³/mol. The standard InChI is InChI=1S/C13H7BrClFN2/c14-11-5-9(15)2-4-13(11)18-10-3-1-8(7-17)12(16)6-10/h1-6,18H. The second kappa shape index (κ2) is 5.38. The van der Waals surface area contributed by atoms with Crippen LogP contribution in [0.25, 0.3) is 0 Å². The summed E-state index contributed by atoms with van der Waals surface area (Å²) in [6, 6.07) is 11.4. The fourth-order valence-electron chi connectivity index (χ4n) is 1.43. The zero-order chi connectivity index (χ0) is 13.1. The summed E-state index contributed by atoms with van der Waals surface area (Å²) in [6.07, 6.45) is 0. The topological polar surface area (TPSA) is 35.8 Å². The highest BCUT2D eigenvalue weighted by Gasteiger charge is 2.05. The number of rotatable bonds is 2. The summed E-state index contributed by atoms with van der Waals surface area (Å²) in [5, 5.41) is 12.3. The Bertz CT molecular complexity index is 637. The first-order valence-electron chi connectivity index (χ1n) is 5.02. The number of benzene rings is 2. The number of hydrogen-bond acceptors (Lipinski definition) is 2. The molecule has 0 amide bonds. The second-order valence-electron chi connectivity index (χ2n) is 3.56. The third kappa shape index (κ3) is 2.81. The molecule has 0 aliphatic heterocycles. The fourth-order valence-corrected chi connectivity index (χ4v) is 2.21. The van der Waals surface area contributed by atoms with Gasteiger partial charge in [-0.3, -0.25) is 0 Å². The number of nitrogens with one attached hydrogen (secondary N) is 1. The molecule has 0 aliphatic carbocycles. The summed E-state index contributed by atoms with van der Waals surface area (Å²) >= 11 is 9.19. The van der Waals surface area contributed by atoms with Crippen LogP contribution in [0.1, 0.15) is 5.56 Å². The Balaban J connectivity index is 2.29. The lowest BCUT2D eigenvalue weighted by Gasteiger charge is -2.09. The molecule has 0 saturated carbocycles. The van der Waals surface area contributed by atoms with E-state index < -0.39 is 5.82 Å². The van der Waals surface area contributed by atoms with Crippen molar-refractivity contribution in [3.8, 4) is 6.07 Å². The van der Waals surface area contributed by atoms with Crippen molar-refractivity contribution in [1.29, 1.82) is 5.26 Å². The zero-order valence-corrected chi connectivity index (χ0v) is 11.4. The predicted octanol–water partition coefficient (Wildman–Crippen LogP) is 4.86. The van der Waals surface area contributed by atoms with Gasteiger partial charge < -0.3 is 5.32 Å². The third-order valence-electron chi connectivity index (χ3n) is 2.30. The molecule has 0 fully saturated rings. The highest BCUT2D eigenvalue weighted by molar-refractivity contribution is 9.10. The van der Waals surface area contributed by atoms with Crippen molar-refractivity contribution in [2.45, 2.75) is 0 Å². The molecular weight excluding hydrogens is 319 g/mol. The van der Waals surface area contributed by atoms with Crippen LogP contribution in [0.15, 0.2) is 40.9 Å². The maximum Gasteiger partial charge on any atom is 0.143 e. The Kier molecular flexibility index (Phi) is 3.85. The number of nitrogens with zero attached hydrogens (tertiary/aromatic N) is 1. The third-order valence-corrected chi connectivity index (χ3v) is 3.19. The average molecular weight is 326 g/mol. The molecule has 0 unspecified atom stereocenters. The molecule has 5 heteroatoms. The molecule has 0 saturated heterocycles. The first-order valence-corrected chi connectivity index (χ1v) is 6.19. The van der Waals surface area contributed by atoms with E-state index in [1.54, 1.807) is 30.3 Å². The highest BCUT2D eigenvalue weighted by Crippen LogP contribution is 2.29. The minimum atomic E-state index is -0.549. The van der Waals surface area contributed by atoms with E-state index >= 15 is 0 Å². The van der Waals surface area contributed by atoms with E-state index in [1.165, 1.54) is 12.1 Å². The maximum absolute atomic E-state index is 13.4. The van der Waals surface area contributed by atoms with Crippen molar-refractivity contribution < 1.29 is 4.39 Å². The monoisotopic (exact) mass is 324 g/mol. The molecule has 0 radical (unpaired) electrons. The van der Waals surface area contributed by atoms with E-state index in [0.29, 0.717) is 10.7 Å². The Labute approximate surface area is 117 Å². The van der Waals surface area contributed by atoms with Gasteiger partial charge in [0.15, 0.2) is 0 Å². The van der Waals surface area contributed by atoms with E-state index in [1.807, 2.05) is 0 Å². The van der Waals surface area contributed by atoms with Crippen LogP contribution in [0.4, 0.5) is 15.8 Å². The second-order valence-corrected chi connectivity index (χ2v) is 4.85. The van der Waals surface area contributed by atoms with Gasteiger partial charge >= 0.3 is 0 Å². The summed E-state index contributed by atoms with van der Waals surface area (Å²) in [5.74, 6) is -0.549. The van der Waals surface area contributed by atoms with Gasteiger partial charge in [0, 0.05) is 15.2 Å². The summed E-state index contributed by atoms with van der Waals surface area (Å²) < 4.78 is 14.2. The van der Waals surface area contributed by atoms with Crippen molar-refractivity contribution in [2.75, 3.05) is 5.32 Å². The highest BCUT2D eigenvalue weighted by atomic mass is 79.9. The Morgan fingerprint density at radius 3 is 2.61 bits per heavy atom. The van der Waals surface area contributed by atoms with Crippen LogP contribution in [0.2, 0.25) is 5.02 Å². The van der Waals surface area contributed by atoms with E-state index in [2.05, 4.69) is 21.2 Å². The van der Waals surface area contributed by atoms with Gasteiger partial charge in [-0.1, -0.05) is 11.6 Å². The zero-order valence-electron chi connectivity index (χ0n) is 9.05. The lowest BCUT2D eigenvalue weighted by molar-refractivity contribution is 0.624. The van der Waals surface area contributed by atoms with E-state index in [9.17, 15) is 4.39 Å². The first-order chi connectivity index (χ1) is 8.60. The molecule has 2 nitrogen and oxygen atoms in total. The molecule has 1 N–H and O–H groups in total. The minimum absolute atomic E-state index is 0.0238. The maximum atomic E-state index is 13.4. The lowest BCUT2D eigenvalue weighted by atomic mass is 10.2. The first kappa shape index (κ1) is 12.9. The van der Waals surface area contributed by atoms with Gasteiger partial charge in [0.25, 0.3) is 0 Å². The van der Waals surface area contributed by atoms with Gasteiger partial charge in [-0.05, 0) is 52.3 Å². The molecule has 18 heavy (non-hydrogen) atoms. The van der Waals surface area contributed by atoms with Crippen molar-refractivity contribution in [2.24, 2.45) is 0 Å². The summed E-state index contributed by atoms with van der Waals surface area (Å²) in [5.41, 5.74) is 1.36. The van der Waals surface area contributed by atoms with Gasteiger partial charge in [-0.2, -0.15) is 5.26 Å². The van der Waals surface area contributed by atoms with E-state index in [0.717, 1.165) is 10.2 Å². The van der Waals surface area contributed by atoms with Crippen molar-refractivity contribution >= 4 is 38.9 Å². The van der Waals surface area contributed by atoms with Gasteiger partial charge in [0.2, 0.25) is 0 Å². The van der Waals surface area contributed by atoms with Gasteiger partial charge in [0.05, 0.1) is 11.3 Å². The van der Waals surface area contributed by atoms with Crippen molar-refractivity contribution in [3.05, 3.63) is 57.3 Å². The molecular formula is C13H7BrClFN2. The average Bonchev–Trinajstić information content (AvgIpc) is 2.33. The summed E-state index contributed by atoms with van der Waals surface area (Å²) in [4.78, 5) is 0. The Morgan fingerprint density at radius 1 is 1.22 bits per heavy atom. The van der Waals surface area contributed by atoms with E-state index in [-0.39, 0.29) is 5.56 Å². The van der Waals surface area contributed by atoms with Crippen LogP contribution in [-0.4, -0.2) is 0 Å². The normalized spacial score (nSPS) is 9.89. The lowest BCUT2D eigenvalue weighted by Crippen LogP contribution is -1.93. The molecule has 90 valence electrons. The molecule has 0 aliphatic rings. The molecule has 0 aromatic heterocycles. The van der Waals surface area contributed by atoms with Crippen LogP contribution in [0.3, 0.4) is 0 Å². The van der Waals surface area contributed by atoms with Crippen LogP contribution in [0.5, 0.6) is 0 Å². The SMILES string of the molecule is N#Cc1ccc(Nc2ccc(Cl)cc2Br)cc1F. The van der Waals surface area contributed by atoms with Crippen molar-refractivity contribution in [1.82, 2.24) is 0 Å². The van der Waals surface area contributed by atoms with Gasteiger partial charge in [0.1, 0.15) is 11.9 Å². The number of anilines is 2. The molecule has 2 aromatic rings. The number of hydrogen-bond donors (Lipinski definition) is 1. The molecule has 0 heterocycles. The Morgan fingerprint density at radius 2 is 2.00 bits per heavy atom. The molecule has 2 aromatic carbocycles. The van der Waals surface area contributed by atoms with Crippen molar-refractivity contribution in [3.63, 3.8) is 0 Å². The van der Waals surface area contributed by atoms with Crippen LogP contribution in [0, 0.1) is 17.1 Å². The minimum Gasteiger partial charge on any atom is -0.355 e.